The van der Waals surface area contributed by atoms with E-state index >= 15 is 0 Å². The summed E-state index contributed by atoms with van der Waals surface area (Å²) < 4.78 is 57.7. The number of urea groups is 1. The third-order valence-electron chi connectivity index (χ3n) is 4.69. The van der Waals surface area contributed by atoms with Gasteiger partial charge in [-0.15, -0.1) is 0 Å². The molecular formula is C20H19F4N3O3. The number of hydrogen-bond donors (Lipinski definition) is 2. The highest BCUT2D eigenvalue weighted by molar-refractivity contribution is 6.02. The zero-order valence-electron chi connectivity index (χ0n) is 16.0. The van der Waals surface area contributed by atoms with Crippen molar-refractivity contribution in [3.05, 3.63) is 47.7 Å². The Morgan fingerprint density at radius 2 is 2.00 bits per heavy atom. The van der Waals surface area contributed by atoms with Gasteiger partial charge in [0.25, 0.3) is 0 Å². The predicted molar refractivity (Wildman–Crippen MR) is 101 cm³/mol. The van der Waals surface area contributed by atoms with E-state index in [4.69, 9.17) is 4.74 Å². The summed E-state index contributed by atoms with van der Waals surface area (Å²) in [6, 6.07) is 3.52. The highest BCUT2D eigenvalue weighted by atomic mass is 19.4. The first-order valence-corrected chi connectivity index (χ1v) is 9.26. The fourth-order valence-electron chi connectivity index (χ4n) is 3.53. The number of carbonyl (C=O) groups excluding carboxylic acids is 2. The zero-order chi connectivity index (χ0) is 21.9. The topological polar surface area (TPSA) is 80.3 Å². The summed E-state index contributed by atoms with van der Waals surface area (Å²) >= 11 is 0. The molecule has 0 bridgehead atoms. The lowest BCUT2D eigenvalue weighted by atomic mass is 9.97. The van der Waals surface area contributed by atoms with Crippen LogP contribution in [0.1, 0.15) is 26.2 Å². The first-order valence-electron chi connectivity index (χ1n) is 9.26. The number of nitrogens with zero attached hydrogens (tertiary/aromatic N) is 1. The lowest BCUT2D eigenvalue weighted by molar-refractivity contribution is -0.146. The number of esters is 1. The van der Waals surface area contributed by atoms with Crippen LogP contribution in [0.3, 0.4) is 0 Å². The standard InChI is InChI=1S/C20H19F4N3O3/c1-2-30-18(28)17-11(8-20(22,23)24)6-7-14(17)26-19(29)27-15-10-25-9-12-4-3-5-13(21)16(12)15/h3-5,9-11H,2,6-8H2,1H3,(H2,26,27,29). The summed E-state index contributed by atoms with van der Waals surface area (Å²) in [7, 11) is 0. The smallest absolute Gasteiger partial charge is 0.389 e. The van der Waals surface area contributed by atoms with E-state index in [1.165, 1.54) is 31.5 Å². The molecule has 160 valence electrons. The monoisotopic (exact) mass is 425 g/mol. The fourth-order valence-corrected chi connectivity index (χ4v) is 3.53. The Morgan fingerprint density at radius 3 is 2.70 bits per heavy atom. The van der Waals surface area contributed by atoms with Gasteiger partial charge in [0.05, 0.1) is 30.5 Å². The second-order valence-electron chi connectivity index (χ2n) is 6.77. The predicted octanol–water partition coefficient (Wildman–Crippen LogP) is 4.68. The molecule has 1 unspecified atom stereocenters. The summed E-state index contributed by atoms with van der Waals surface area (Å²) in [5, 5.41) is 5.48. The molecule has 2 amide bonds. The first-order chi connectivity index (χ1) is 14.2. The normalized spacial score (nSPS) is 16.6. The van der Waals surface area contributed by atoms with Gasteiger partial charge in [-0.2, -0.15) is 13.2 Å². The van der Waals surface area contributed by atoms with Gasteiger partial charge in [0.15, 0.2) is 0 Å². The number of alkyl halides is 3. The van der Waals surface area contributed by atoms with Crippen molar-refractivity contribution in [2.24, 2.45) is 5.92 Å². The van der Waals surface area contributed by atoms with Gasteiger partial charge in [-0.3, -0.25) is 4.98 Å². The Morgan fingerprint density at radius 1 is 1.23 bits per heavy atom. The van der Waals surface area contributed by atoms with Crippen LogP contribution in [0, 0.1) is 11.7 Å². The molecular weight excluding hydrogens is 406 g/mol. The van der Waals surface area contributed by atoms with Crippen LogP contribution in [0.5, 0.6) is 0 Å². The molecule has 1 heterocycles. The number of ether oxygens (including phenoxy) is 1. The van der Waals surface area contributed by atoms with E-state index in [1.54, 1.807) is 6.07 Å². The zero-order valence-corrected chi connectivity index (χ0v) is 16.0. The summed E-state index contributed by atoms with van der Waals surface area (Å²) in [5.74, 6) is -2.56. The molecule has 0 aliphatic heterocycles. The molecule has 0 spiro atoms. The maximum Gasteiger partial charge on any atom is 0.389 e. The number of carbonyl (C=O) groups is 2. The summed E-state index contributed by atoms with van der Waals surface area (Å²) in [6.45, 7) is 1.52. The maximum absolute atomic E-state index is 14.2. The fraction of sp³-hybridized carbons (Fsp3) is 0.350. The minimum absolute atomic E-state index is 0.0124. The molecule has 2 N–H and O–H groups in total. The maximum atomic E-state index is 14.2. The Kier molecular flexibility index (Phi) is 6.23. The van der Waals surface area contributed by atoms with Crippen LogP contribution in [0.4, 0.5) is 28.0 Å². The van der Waals surface area contributed by atoms with Crippen molar-refractivity contribution in [3.8, 4) is 0 Å². The van der Waals surface area contributed by atoms with Crippen LogP contribution in [0.15, 0.2) is 41.9 Å². The van der Waals surface area contributed by atoms with Crippen molar-refractivity contribution in [1.82, 2.24) is 10.3 Å². The van der Waals surface area contributed by atoms with E-state index in [1.807, 2.05) is 0 Å². The van der Waals surface area contributed by atoms with E-state index in [9.17, 15) is 27.2 Å². The molecule has 2 aromatic rings. The number of nitrogens with one attached hydrogen (secondary N) is 2. The third-order valence-corrected chi connectivity index (χ3v) is 4.69. The number of halogens is 4. The average molecular weight is 425 g/mol. The van der Waals surface area contributed by atoms with Gasteiger partial charge in [0, 0.05) is 28.6 Å². The summed E-state index contributed by atoms with van der Waals surface area (Å²) in [5.41, 5.74) is -0.0355. The third kappa shape index (κ3) is 4.87. The van der Waals surface area contributed by atoms with E-state index in [0.717, 1.165) is 0 Å². The van der Waals surface area contributed by atoms with E-state index in [-0.39, 0.29) is 41.8 Å². The molecule has 0 fully saturated rings. The van der Waals surface area contributed by atoms with Crippen LogP contribution >= 0.6 is 0 Å². The highest BCUT2D eigenvalue weighted by Gasteiger charge is 2.40. The van der Waals surface area contributed by atoms with E-state index in [0.29, 0.717) is 5.39 Å². The van der Waals surface area contributed by atoms with Crippen LogP contribution in [0.2, 0.25) is 0 Å². The van der Waals surface area contributed by atoms with Gasteiger partial charge in [0.1, 0.15) is 5.82 Å². The van der Waals surface area contributed by atoms with Gasteiger partial charge >= 0.3 is 18.2 Å². The Hall–Kier alpha value is -3.17. The average Bonchev–Trinajstić information content (AvgIpc) is 3.02. The van der Waals surface area contributed by atoms with Crippen molar-refractivity contribution in [2.75, 3.05) is 11.9 Å². The molecule has 1 atom stereocenters. The van der Waals surface area contributed by atoms with Crippen molar-refractivity contribution < 1.29 is 31.9 Å². The number of allylic oxidation sites excluding steroid dienone is 1. The van der Waals surface area contributed by atoms with E-state index in [2.05, 4.69) is 15.6 Å². The van der Waals surface area contributed by atoms with Gasteiger partial charge in [-0.25, -0.2) is 14.0 Å². The number of pyridine rings is 1. The Balaban J connectivity index is 1.84. The number of rotatable bonds is 5. The lowest BCUT2D eigenvalue weighted by Crippen LogP contribution is -2.30. The van der Waals surface area contributed by atoms with Gasteiger partial charge in [0.2, 0.25) is 0 Å². The van der Waals surface area contributed by atoms with Crippen LogP contribution in [-0.2, 0) is 9.53 Å². The van der Waals surface area contributed by atoms with Gasteiger partial charge in [-0.1, -0.05) is 12.1 Å². The Bertz CT molecular complexity index is 999. The molecule has 1 aromatic heterocycles. The van der Waals surface area contributed by atoms with Crippen molar-refractivity contribution in [1.29, 1.82) is 0 Å². The number of aromatic nitrogens is 1. The minimum Gasteiger partial charge on any atom is -0.463 e. The molecule has 1 aliphatic carbocycles. The molecule has 0 saturated heterocycles. The number of fused-ring (bicyclic) bond motifs is 1. The van der Waals surface area contributed by atoms with Crippen LogP contribution < -0.4 is 10.6 Å². The number of benzene rings is 1. The molecule has 10 heteroatoms. The van der Waals surface area contributed by atoms with Gasteiger partial charge in [-0.05, 0) is 25.8 Å². The number of amides is 2. The SMILES string of the molecule is CCOC(=O)C1=C(NC(=O)Nc2cncc3cccc(F)c23)CCC1CC(F)(F)F. The molecule has 1 aromatic carbocycles. The molecule has 0 radical (unpaired) electrons. The number of anilines is 1. The highest BCUT2D eigenvalue weighted by Crippen LogP contribution is 2.39. The van der Waals surface area contributed by atoms with Gasteiger partial charge < -0.3 is 15.4 Å². The van der Waals surface area contributed by atoms with Crippen LogP contribution in [-0.4, -0.2) is 29.8 Å². The lowest BCUT2D eigenvalue weighted by Gasteiger charge is -2.16. The second kappa shape index (κ2) is 8.68. The van der Waals surface area contributed by atoms with Crippen molar-refractivity contribution in [3.63, 3.8) is 0 Å². The molecule has 1 aliphatic rings. The number of hydrogen-bond acceptors (Lipinski definition) is 4. The quantitative estimate of drug-likeness (QED) is 0.539. The summed E-state index contributed by atoms with van der Waals surface area (Å²) in [4.78, 5) is 28.6. The summed E-state index contributed by atoms with van der Waals surface area (Å²) in [6.07, 6.45) is -2.84. The Labute approximate surface area is 169 Å². The second-order valence-corrected chi connectivity index (χ2v) is 6.77. The molecule has 30 heavy (non-hydrogen) atoms. The largest absolute Gasteiger partial charge is 0.463 e. The van der Waals surface area contributed by atoms with E-state index < -0.39 is 36.3 Å². The van der Waals surface area contributed by atoms with Crippen LogP contribution in [0.25, 0.3) is 10.8 Å². The molecule has 3 rings (SSSR count). The minimum atomic E-state index is -4.47. The molecule has 6 nitrogen and oxygen atoms in total. The first kappa shape index (κ1) is 21.5. The van der Waals surface area contributed by atoms with Crippen molar-refractivity contribution in [2.45, 2.75) is 32.4 Å². The molecule has 0 saturated carbocycles. The van der Waals surface area contributed by atoms with Crippen molar-refractivity contribution >= 4 is 28.5 Å².